The fraction of sp³-hybridized carbons (Fsp3) is 1.00. The average molecular weight is 242 g/mol. The molecule has 0 spiro atoms. The third kappa shape index (κ3) is 7.02. The molecule has 3 nitrogen and oxygen atoms in total. The molecule has 1 saturated heterocycles. The number of likely N-dealkylation sites (tertiary alicyclic amines) is 1. The van der Waals surface area contributed by atoms with E-state index < -0.39 is 0 Å². The van der Waals surface area contributed by atoms with Gasteiger partial charge in [-0.25, -0.2) is 0 Å². The fourth-order valence-corrected chi connectivity index (χ4v) is 2.26. The smallest absolute Gasteiger partial charge is 0.0593 e. The van der Waals surface area contributed by atoms with Crippen LogP contribution in [0.3, 0.4) is 0 Å². The lowest BCUT2D eigenvalue weighted by Gasteiger charge is -2.32. The molecule has 0 atom stereocenters. The molecule has 1 N–H and O–H groups in total. The Morgan fingerprint density at radius 3 is 2.53 bits per heavy atom. The second-order valence-corrected chi connectivity index (χ2v) is 5.46. The van der Waals surface area contributed by atoms with Crippen LogP contribution in [0.15, 0.2) is 0 Å². The zero-order chi connectivity index (χ0) is 12.5. The first kappa shape index (κ1) is 14.9. The van der Waals surface area contributed by atoms with Crippen LogP contribution in [0.5, 0.6) is 0 Å². The van der Waals surface area contributed by atoms with Crippen LogP contribution < -0.4 is 5.32 Å². The van der Waals surface area contributed by atoms with E-state index in [2.05, 4.69) is 31.0 Å². The van der Waals surface area contributed by atoms with Gasteiger partial charge in [-0.1, -0.05) is 20.8 Å². The molecule has 1 fully saturated rings. The lowest BCUT2D eigenvalue weighted by molar-refractivity contribution is 0.0884. The van der Waals surface area contributed by atoms with Crippen molar-refractivity contribution in [3.8, 4) is 0 Å². The van der Waals surface area contributed by atoms with Crippen LogP contribution in [-0.4, -0.2) is 50.3 Å². The van der Waals surface area contributed by atoms with Gasteiger partial charge in [0.2, 0.25) is 0 Å². The van der Waals surface area contributed by atoms with E-state index in [1.54, 1.807) is 0 Å². The van der Waals surface area contributed by atoms with Gasteiger partial charge >= 0.3 is 0 Å². The standard InChI is InChI=1S/C14H30N2O/c1-4-10-17-11-9-16-7-5-14(6-8-16)12-15-13(2)3/h13-15H,4-12H2,1-3H3. The van der Waals surface area contributed by atoms with Crippen molar-refractivity contribution in [2.75, 3.05) is 39.4 Å². The van der Waals surface area contributed by atoms with Gasteiger partial charge in [-0.15, -0.1) is 0 Å². The Hall–Kier alpha value is -0.120. The van der Waals surface area contributed by atoms with Crippen molar-refractivity contribution in [2.24, 2.45) is 5.92 Å². The molecule has 0 amide bonds. The van der Waals surface area contributed by atoms with Crippen molar-refractivity contribution in [1.29, 1.82) is 0 Å². The van der Waals surface area contributed by atoms with E-state index >= 15 is 0 Å². The van der Waals surface area contributed by atoms with Gasteiger partial charge in [0.15, 0.2) is 0 Å². The van der Waals surface area contributed by atoms with E-state index in [0.29, 0.717) is 6.04 Å². The van der Waals surface area contributed by atoms with Crippen molar-refractivity contribution in [3.63, 3.8) is 0 Å². The van der Waals surface area contributed by atoms with Gasteiger partial charge in [-0.2, -0.15) is 0 Å². The van der Waals surface area contributed by atoms with Crippen molar-refractivity contribution in [2.45, 2.75) is 46.1 Å². The highest BCUT2D eigenvalue weighted by molar-refractivity contribution is 4.74. The fourth-order valence-electron chi connectivity index (χ4n) is 2.26. The summed E-state index contributed by atoms with van der Waals surface area (Å²) in [4.78, 5) is 2.54. The minimum Gasteiger partial charge on any atom is -0.380 e. The Labute approximate surface area is 107 Å². The van der Waals surface area contributed by atoms with E-state index in [9.17, 15) is 0 Å². The van der Waals surface area contributed by atoms with Crippen molar-refractivity contribution in [1.82, 2.24) is 10.2 Å². The molecule has 0 unspecified atom stereocenters. The maximum absolute atomic E-state index is 5.54. The summed E-state index contributed by atoms with van der Waals surface area (Å²) < 4.78 is 5.54. The monoisotopic (exact) mass is 242 g/mol. The number of hydrogen-bond donors (Lipinski definition) is 1. The summed E-state index contributed by atoms with van der Waals surface area (Å²) in [7, 11) is 0. The molecule has 0 aliphatic carbocycles. The first-order valence-electron chi connectivity index (χ1n) is 7.25. The second kappa shape index (κ2) is 8.90. The second-order valence-electron chi connectivity index (χ2n) is 5.46. The Morgan fingerprint density at radius 2 is 1.94 bits per heavy atom. The van der Waals surface area contributed by atoms with Gasteiger partial charge in [0.05, 0.1) is 6.61 Å². The largest absolute Gasteiger partial charge is 0.380 e. The van der Waals surface area contributed by atoms with E-state index in [1.165, 1.54) is 32.5 Å². The molecule has 1 rings (SSSR count). The maximum Gasteiger partial charge on any atom is 0.0593 e. The van der Waals surface area contributed by atoms with Crippen LogP contribution in [-0.2, 0) is 4.74 Å². The van der Waals surface area contributed by atoms with Crippen LogP contribution in [0.25, 0.3) is 0 Å². The summed E-state index contributed by atoms with van der Waals surface area (Å²) in [6.45, 7) is 13.2. The topological polar surface area (TPSA) is 24.5 Å². The Balaban J connectivity index is 2.01. The minimum atomic E-state index is 0.621. The number of nitrogens with zero attached hydrogens (tertiary/aromatic N) is 1. The number of nitrogens with one attached hydrogen (secondary N) is 1. The zero-order valence-electron chi connectivity index (χ0n) is 11.9. The van der Waals surface area contributed by atoms with Crippen LogP contribution >= 0.6 is 0 Å². The summed E-state index contributed by atoms with van der Waals surface area (Å²) >= 11 is 0. The molecule has 17 heavy (non-hydrogen) atoms. The average Bonchev–Trinajstić information content (AvgIpc) is 2.33. The maximum atomic E-state index is 5.54. The third-order valence-electron chi connectivity index (χ3n) is 3.42. The third-order valence-corrected chi connectivity index (χ3v) is 3.42. The number of hydrogen-bond acceptors (Lipinski definition) is 3. The first-order chi connectivity index (χ1) is 8.22. The highest BCUT2D eigenvalue weighted by Crippen LogP contribution is 2.16. The molecule has 1 aliphatic rings. The summed E-state index contributed by atoms with van der Waals surface area (Å²) in [5.41, 5.74) is 0. The molecule has 1 heterocycles. The Kier molecular flexibility index (Phi) is 7.82. The molecule has 0 aromatic carbocycles. The number of piperidine rings is 1. The number of rotatable bonds is 8. The van der Waals surface area contributed by atoms with Crippen LogP contribution in [0, 0.1) is 5.92 Å². The van der Waals surface area contributed by atoms with E-state index in [-0.39, 0.29) is 0 Å². The van der Waals surface area contributed by atoms with Crippen LogP contribution in [0.2, 0.25) is 0 Å². The zero-order valence-corrected chi connectivity index (χ0v) is 11.9. The van der Waals surface area contributed by atoms with Gasteiger partial charge in [0.25, 0.3) is 0 Å². The Bertz CT molecular complexity index is 177. The molecule has 0 radical (unpaired) electrons. The molecule has 0 saturated carbocycles. The highest BCUT2D eigenvalue weighted by atomic mass is 16.5. The summed E-state index contributed by atoms with van der Waals surface area (Å²) in [6, 6.07) is 0.621. The molecular weight excluding hydrogens is 212 g/mol. The predicted octanol–water partition coefficient (Wildman–Crippen LogP) is 2.12. The van der Waals surface area contributed by atoms with Crippen molar-refractivity contribution < 1.29 is 4.74 Å². The van der Waals surface area contributed by atoms with Gasteiger partial charge in [0.1, 0.15) is 0 Å². The summed E-state index contributed by atoms with van der Waals surface area (Å²) in [5.74, 6) is 0.880. The number of ether oxygens (including phenoxy) is 1. The lowest BCUT2D eigenvalue weighted by atomic mass is 9.96. The SMILES string of the molecule is CCCOCCN1CCC(CNC(C)C)CC1. The summed E-state index contributed by atoms with van der Waals surface area (Å²) in [5, 5.41) is 3.55. The van der Waals surface area contributed by atoms with Crippen molar-refractivity contribution in [3.05, 3.63) is 0 Å². The van der Waals surface area contributed by atoms with E-state index in [4.69, 9.17) is 4.74 Å². The molecular formula is C14H30N2O. The molecule has 0 aromatic heterocycles. The van der Waals surface area contributed by atoms with Crippen LogP contribution in [0.1, 0.15) is 40.0 Å². The van der Waals surface area contributed by atoms with Crippen molar-refractivity contribution >= 4 is 0 Å². The lowest BCUT2D eigenvalue weighted by Crippen LogP contribution is -2.39. The van der Waals surface area contributed by atoms with E-state index in [1.807, 2.05) is 0 Å². The molecule has 0 aromatic rings. The Morgan fingerprint density at radius 1 is 1.24 bits per heavy atom. The summed E-state index contributed by atoms with van der Waals surface area (Å²) in [6.07, 6.45) is 3.81. The first-order valence-corrected chi connectivity index (χ1v) is 7.25. The minimum absolute atomic E-state index is 0.621. The molecule has 1 aliphatic heterocycles. The quantitative estimate of drug-likeness (QED) is 0.660. The molecule has 3 heteroatoms. The van der Waals surface area contributed by atoms with Gasteiger partial charge in [-0.05, 0) is 44.8 Å². The van der Waals surface area contributed by atoms with Gasteiger partial charge < -0.3 is 15.0 Å². The normalized spacial score (nSPS) is 19.1. The molecule has 102 valence electrons. The predicted molar refractivity (Wildman–Crippen MR) is 73.4 cm³/mol. The van der Waals surface area contributed by atoms with E-state index in [0.717, 1.165) is 32.1 Å². The van der Waals surface area contributed by atoms with Gasteiger partial charge in [0, 0.05) is 19.2 Å². The van der Waals surface area contributed by atoms with Gasteiger partial charge in [-0.3, -0.25) is 0 Å². The van der Waals surface area contributed by atoms with Crippen LogP contribution in [0.4, 0.5) is 0 Å². The molecule has 0 bridgehead atoms. The highest BCUT2D eigenvalue weighted by Gasteiger charge is 2.18.